The average Bonchev–Trinajstić information content (AvgIpc) is 2.57. The van der Waals surface area contributed by atoms with Crippen LogP contribution in [0, 0.1) is 0 Å². The van der Waals surface area contributed by atoms with Crippen LogP contribution < -0.4 is 5.32 Å². The van der Waals surface area contributed by atoms with Crippen LogP contribution in [0.5, 0.6) is 0 Å². The number of β-amino-alcohol motifs (C(OH)–C–C–N with tert-alkyl or cyclic N) is 1. The van der Waals surface area contributed by atoms with Crippen molar-refractivity contribution in [1.82, 2.24) is 15.1 Å². The molecule has 1 heterocycles. The van der Waals surface area contributed by atoms with Crippen LogP contribution in [-0.4, -0.2) is 72.7 Å². The molecule has 1 fully saturated rings. The molecule has 0 aliphatic carbocycles. The van der Waals surface area contributed by atoms with Gasteiger partial charge in [-0.05, 0) is 41.4 Å². The Bertz CT molecular complexity index is 279. The Kier molecular flexibility index (Phi) is 4.52. The van der Waals surface area contributed by atoms with Gasteiger partial charge in [-0.15, -0.1) is 0 Å². The maximum Gasteiger partial charge on any atom is 0.242 e. The van der Waals surface area contributed by atoms with Crippen LogP contribution >= 0.6 is 0 Å². The van der Waals surface area contributed by atoms with Crippen molar-refractivity contribution >= 4 is 5.91 Å². The second-order valence-corrected chi connectivity index (χ2v) is 5.64. The van der Waals surface area contributed by atoms with Crippen molar-refractivity contribution in [3.8, 4) is 0 Å². The monoisotopic (exact) mass is 243 g/mol. The number of hydrogen-bond donors (Lipinski definition) is 2. The van der Waals surface area contributed by atoms with Crippen LogP contribution in [0.3, 0.4) is 0 Å². The molecule has 0 aromatic rings. The number of likely N-dealkylation sites (N-methyl/N-ethyl adjacent to an activating group) is 2. The van der Waals surface area contributed by atoms with Gasteiger partial charge in [0, 0.05) is 19.1 Å². The molecule has 1 aliphatic heterocycles. The SMILES string of the molecule is CNC(C)(C)C(=O)N1CC(O)CC1CN(C)C. The van der Waals surface area contributed by atoms with Gasteiger partial charge in [-0.1, -0.05) is 0 Å². The first-order chi connectivity index (χ1) is 7.77. The first kappa shape index (κ1) is 14.4. The number of nitrogens with one attached hydrogen (secondary N) is 1. The highest BCUT2D eigenvalue weighted by molar-refractivity contribution is 5.86. The first-order valence-electron chi connectivity index (χ1n) is 6.10. The topological polar surface area (TPSA) is 55.8 Å². The van der Waals surface area contributed by atoms with Gasteiger partial charge in [0.2, 0.25) is 5.91 Å². The molecule has 0 aromatic carbocycles. The molecular weight excluding hydrogens is 218 g/mol. The number of carbonyl (C=O) groups is 1. The van der Waals surface area contributed by atoms with E-state index in [-0.39, 0.29) is 11.9 Å². The predicted molar refractivity (Wildman–Crippen MR) is 67.8 cm³/mol. The highest BCUT2D eigenvalue weighted by Gasteiger charge is 2.40. The van der Waals surface area contributed by atoms with Gasteiger partial charge >= 0.3 is 0 Å². The van der Waals surface area contributed by atoms with E-state index in [9.17, 15) is 9.90 Å². The average molecular weight is 243 g/mol. The van der Waals surface area contributed by atoms with Crippen molar-refractivity contribution in [2.75, 3.05) is 34.2 Å². The Morgan fingerprint density at radius 1 is 1.53 bits per heavy atom. The Morgan fingerprint density at radius 3 is 2.59 bits per heavy atom. The Hall–Kier alpha value is -0.650. The molecule has 1 rings (SSSR count). The molecule has 100 valence electrons. The fraction of sp³-hybridized carbons (Fsp3) is 0.917. The second-order valence-electron chi connectivity index (χ2n) is 5.64. The largest absolute Gasteiger partial charge is 0.391 e. The van der Waals surface area contributed by atoms with Gasteiger partial charge in [-0.3, -0.25) is 4.79 Å². The molecule has 5 nitrogen and oxygen atoms in total. The zero-order valence-electron chi connectivity index (χ0n) is 11.5. The lowest BCUT2D eigenvalue weighted by Gasteiger charge is -2.33. The van der Waals surface area contributed by atoms with Crippen LogP contribution in [0.15, 0.2) is 0 Å². The quantitative estimate of drug-likeness (QED) is 0.699. The van der Waals surface area contributed by atoms with Crippen molar-refractivity contribution in [2.45, 2.75) is 38.0 Å². The maximum atomic E-state index is 12.4. The summed E-state index contributed by atoms with van der Waals surface area (Å²) in [5.74, 6) is 0.0587. The number of carbonyl (C=O) groups excluding carboxylic acids is 1. The van der Waals surface area contributed by atoms with E-state index < -0.39 is 11.6 Å². The molecular formula is C12H25N3O2. The van der Waals surface area contributed by atoms with Crippen LogP contribution in [-0.2, 0) is 4.79 Å². The number of nitrogens with zero attached hydrogens (tertiary/aromatic N) is 2. The lowest BCUT2D eigenvalue weighted by molar-refractivity contribution is -0.138. The van der Waals surface area contributed by atoms with Crippen molar-refractivity contribution in [1.29, 1.82) is 0 Å². The summed E-state index contributed by atoms with van der Waals surface area (Å²) in [5.41, 5.74) is -0.575. The number of aliphatic hydroxyl groups excluding tert-OH is 1. The van der Waals surface area contributed by atoms with E-state index in [4.69, 9.17) is 0 Å². The van der Waals surface area contributed by atoms with E-state index in [0.29, 0.717) is 13.0 Å². The van der Waals surface area contributed by atoms with Crippen LogP contribution in [0.2, 0.25) is 0 Å². The molecule has 0 radical (unpaired) electrons. The molecule has 17 heavy (non-hydrogen) atoms. The summed E-state index contributed by atoms with van der Waals surface area (Å²) >= 11 is 0. The van der Waals surface area contributed by atoms with Crippen molar-refractivity contribution < 1.29 is 9.90 Å². The van der Waals surface area contributed by atoms with Crippen LogP contribution in [0.25, 0.3) is 0 Å². The third-order valence-corrected chi connectivity index (χ3v) is 3.39. The summed E-state index contributed by atoms with van der Waals surface area (Å²) in [5, 5.41) is 12.8. The van der Waals surface area contributed by atoms with Crippen LogP contribution in [0.4, 0.5) is 0 Å². The first-order valence-corrected chi connectivity index (χ1v) is 6.10. The lowest BCUT2D eigenvalue weighted by atomic mass is 10.0. The predicted octanol–water partition coefficient (Wildman–Crippen LogP) is -0.492. The van der Waals surface area contributed by atoms with Crippen molar-refractivity contribution in [3.63, 3.8) is 0 Å². The highest BCUT2D eigenvalue weighted by atomic mass is 16.3. The lowest BCUT2D eigenvalue weighted by Crippen LogP contribution is -2.55. The van der Waals surface area contributed by atoms with Gasteiger partial charge in [-0.25, -0.2) is 0 Å². The van der Waals surface area contributed by atoms with E-state index in [2.05, 4.69) is 10.2 Å². The smallest absolute Gasteiger partial charge is 0.242 e. The summed E-state index contributed by atoms with van der Waals surface area (Å²) in [6.45, 7) is 4.98. The van der Waals surface area contributed by atoms with E-state index in [0.717, 1.165) is 6.54 Å². The third kappa shape index (κ3) is 3.40. The Balaban J connectivity index is 2.76. The molecule has 0 saturated carbocycles. The summed E-state index contributed by atoms with van der Waals surface area (Å²) < 4.78 is 0. The number of likely N-dealkylation sites (tertiary alicyclic amines) is 1. The van der Waals surface area contributed by atoms with Crippen molar-refractivity contribution in [2.24, 2.45) is 0 Å². The molecule has 2 unspecified atom stereocenters. The van der Waals surface area contributed by atoms with E-state index in [1.54, 1.807) is 11.9 Å². The standard InChI is InChI=1S/C12H25N3O2/c1-12(2,13-3)11(17)15-8-10(16)6-9(15)7-14(4)5/h9-10,13,16H,6-8H2,1-5H3. The third-order valence-electron chi connectivity index (χ3n) is 3.39. The summed E-state index contributed by atoms with van der Waals surface area (Å²) in [7, 11) is 5.75. The van der Waals surface area contributed by atoms with Crippen LogP contribution in [0.1, 0.15) is 20.3 Å². The zero-order valence-corrected chi connectivity index (χ0v) is 11.5. The van der Waals surface area contributed by atoms with Gasteiger partial charge in [0.15, 0.2) is 0 Å². The molecule has 0 aromatic heterocycles. The fourth-order valence-electron chi connectivity index (χ4n) is 2.20. The molecule has 5 heteroatoms. The second kappa shape index (κ2) is 5.33. The number of rotatable bonds is 4. The maximum absolute atomic E-state index is 12.4. The molecule has 0 bridgehead atoms. The molecule has 1 amide bonds. The Labute approximate surface area is 104 Å². The van der Waals surface area contributed by atoms with E-state index in [1.165, 1.54) is 0 Å². The van der Waals surface area contributed by atoms with Gasteiger partial charge in [0.1, 0.15) is 0 Å². The molecule has 2 N–H and O–H groups in total. The Morgan fingerprint density at radius 2 is 2.12 bits per heavy atom. The molecule has 0 spiro atoms. The zero-order chi connectivity index (χ0) is 13.2. The number of hydrogen-bond acceptors (Lipinski definition) is 4. The van der Waals surface area contributed by atoms with Gasteiger partial charge in [0.25, 0.3) is 0 Å². The van der Waals surface area contributed by atoms with Gasteiger partial charge in [-0.2, -0.15) is 0 Å². The van der Waals surface area contributed by atoms with E-state index in [1.807, 2.05) is 27.9 Å². The van der Waals surface area contributed by atoms with Gasteiger partial charge < -0.3 is 20.2 Å². The highest BCUT2D eigenvalue weighted by Crippen LogP contribution is 2.22. The minimum absolute atomic E-state index is 0.0587. The molecule has 1 aliphatic rings. The minimum Gasteiger partial charge on any atom is -0.391 e. The molecule has 1 saturated heterocycles. The number of aliphatic hydroxyl groups is 1. The summed E-state index contributed by atoms with van der Waals surface area (Å²) in [6, 6.07) is 0.111. The molecule has 2 atom stereocenters. The fourth-order valence-corrected chi connectivity index (χ4v) is 2.20. The van der Waals surface area contributed by atoms with Gasteiger partial charge in [0.05, 0.1) is 11.6 Å². The summed E-state index contributed by atoms with van der Waals surface area (Å²) in [6.07, 6.45) is 0.278. The minimum atomic E-state index is -0.575. The normalized spacial score (nSPS) is 25.7. The summed E-state index contributed by atoms with van der Waals surface area (Å²) in [4.78, 5) is 16.2. The number of amides is 1. The van der Waals surface area contributed by atoms with Crippen molar-refractivity contribution in [3.05, 3.63) is 0 Å². The van der Waals surface area contributed by atoms with E-state index >= 15 is 0 Å².